The standard InChI is InChI=1S/C14H20N4O2S/c1-8-12-13(17(3)16-8)18(9(2)10-5-4-6-10)14(15-12)21-7-11(19)20/h9-10H,4-7H2,1-3H3,(H,19,20). The number of aromatic nitrogens is 4. The molecule has 21 heavy (non-hydrogen) atoms. The second-order valence-corrected chi connectivity index (χ2v) is 6.70. The molecule has 1 atom stereocenters. The summed E-state index contributed by atoms with van der Waals surface area (Å²) in [4.78, 5) is 15.5. The minimum atomic E-state index is -0.815. The lowest BCUT2D eigenvalue weighted by atomic mass is 9.80. The maximum atomic E-state index is 10.9. The second-order valence-electron chi connectivity index (χ2n) is 5.76. The Morgan fingerprint density at radius 3 is 2.81 bits per heavy atom. The maximum absolute atomic E-state index is 10.9. The van der Waals surface area contributed by atoms with Crippen molar-refractivity contribution in [2.24, 2.45) is 13.0 Å². The van der Waals surface area contributed by atoms with Crippen molar-refractivity contribution in [2.75, 3.05) is 5.75 Å². The largest absolute Gasteiger partial charge is 0.481 e. The summed E-state index contributed by atoms with van der Waals surface area (Å²) >= 11 is 1.29. The summed E-state index contributed by atoms with van der Waals surface area (Å²) in [5.74, 6) is -0.126. The normalized spacial score (nSPS) is 17.1. The van der Waals surface area contributed by atoms with Crippen LogP contribution in [-0.4, -0.2) is 36.2 Å². The molecule has 0 saturated heterocycles. The monoisotopic (exact) mass is 308 g/mol. The van der Waals surface area contributed by atoms with Crippen molar-refractivity contribution in [1.29, 1.82) is 0 Å². The molecule has 3 rings (SSSR count). The van der Waals surface area contributed by atoms with Crippen molar-refractivity contribution >= 4 is 28.9 Å². The van der Waals surface area contributed by atoms with Crippen LogP contribution in [0, 0.1) is 12.8 Å². The van der Waals surface area contributed by atoms with Gasteiger partial charge in [0, 0.05) is 13.1 Å². The summed E-state index contributed by atoms with van der Waals surface area (Å²) in [6, 6.07) is 0.329. The van der Waals surface area contributed by atoms with Gasteiger partial charge in [-0.15, -0.1) is 0 Å². The van der Waals surface area contributed by atoms with Crippen LogP contribution in [0.3, 0.4) is 0 Å². The van der Waals surface area contributed by atoms with Crippen molar-refractivity contribution < 1.29 is 9.90 Å². The minimum Gasteiger partial charge on any atom is -0.481 e. The topological polar surface area (TPSA) is 72.9 Å². The molecule has 0 radical (unpaired) electrons. The molecule has 0 amide bonds. The number of carbonyl (C=O) groups is 1. The predicted octanol–water partition coefficient (Wildman–Crippen LogP) is 2.62. The number of aryl methyl sites for hydroxylation is 2. The first-order valence-electron chi connectivity index (χ1n) is 7.25. The zero-order valence-electron chi connectivity index (χ0n) is 12.5. The van der Waals surface area contributed by atoms with Gasteiger partial charge in [-0.1, -0.05) is 18.2 Å². The number of fused-ring (bicyclic) bond motifs is 1. The molecule has 7 heteroatoms. The highest BCUT2D eigenvalue weighted by Crippen LogP contribution is 2.40. The Morgan fingerprint density at radius 2 is 2.24 bits per heavy atom. The predicted molar refractivity (Wildman–Crippen MR) is 81.6 cm³/mol. The molecule has 1 unspecified atom stereocenters. The number of thioether (sulfide) groups is 1. The molecule has 1 saturated carbocycles. The Morgan fingerprint density at radius 1 is 1.52 bits per heavy atom. The fourth-order valence-electron chi connectivity index (χ4n) is 3.00. The Balaban J connectivity index is 2.07. The summed E-state index contributed by atoms with van der Waals surface area (Å²) in [5.41, 5.74) is 2.78. The van der Waals surface area contributed by atoms with Gasteiger partial charge in [0.15, 0.2) is 10.8 Å². The zero-order chi connectivity index (χ0) is 15.1. The summed E-state index contributed by atoms with van der Waals surface area (Å²) in [5, 5.41) is 14.2. The molecular formula is C14H20N4O2S. The first-order valence-corrected chi connectivity index (χ1v) is 8.23. The lowest BCUT2D eigenvalue weighted by molar-refractivity contribution is -0.133. The second kappa shape index (κ2) is 5.36. The van der Waals surface area contributed by atoms with Gasteiger partial charge in [-0.05, 0) is 32.6 Å². The molecule has 2 heterocycles. The van der Waals surface area contributed by atoms with Crippen LogP contribution in [0.1, 0.15) is 37.9 Å². The van der Waals surface area contributed by atoms with Gasteiger partial charge < -0.3 is 9.67 Å². The van der Waals surface area contributed by atoms with Crippen molar-refractivity contribution in [3.63, 3.8) is 0 Å². The Labute approximate surface area is 127 Å². The van der Waals surface area contributed by atoms with Crippen LogP contribution in [0.2, 0.25) is 0 Å². The average Bonchev–Trinajstić information content (AvgIpc) is 2.84. The number of nitrogens with zero attached hydrogens (tertiary/aromatic N) is 4. The lowest BCUT2D eigenvalue weighted by Gasteiger charge is -2.33. The molecule has 114 valence electrons. The number of hydrogen-bond acceptors (Lipinski definition) is 4. The molecule has 0 bridgehead atoms. The van der Waals surface area contributed by atoms with Gasteiger partial charge in [-0.25, -0.2) is 4.98 Å². The van der Waals surface area contributed by atoms with Crippen LogP contribution in [0.15, 0.2) is 5.16 Å². The molecule has 6 nitrogen and oxygen atoms in total. The lowest BCUT2D eigenvalue weighted by Crippen LogP contribution is -2.24. The Bertz CT molecular complexity index is 687. The zero-order valence-corrected chi connectivity index (χ0v) is 13.4. The first kappa shape index (κ1) is 14.4. The SMILES string of the molecule is Cc1nn(C)c2c1nc(SCC(=O)O)n2C(C)C1CCC1. The third-order valence-electron chi connectivity index (χ3n) is 4.37. The highest BCUT2D eigenvalue weighted by molar-refractivity contribution is 7.99. The van der Waals surface area contributed by atoms with Crippen molar-refractivity contribution in [3.05, 3.63) is 5.69 Å². The first-order chi connectivity index (χ1) is 9.99. The van der Waals surface area contributed by atoms with E-state index in [4.69, 9.17) is 5.11 Å². The summed E-state index contributed by atoms with van der Waals surface area (Å²) in [6.07, 6.45) is 3.76. The number of aliphatic carboxylic acids is 1. The van der Waals surface area contributed by atoms with Crippen LogP contribution >= 0.6 is 11.8 Å². The molecule has 0 aromatic carbocycles. The van der Waals surface area contributed by atoms with E-state index in [9.17, 15) is 4.79 Å². The molecule has 1 aliphatic rings. The van der Waals surface area contributed by atoms with Gasteiger partial charge >= 0.3 is 5.97 Å². The minimum absolute atomic E-state index is 0.0349. The van der Waals surface area contributed by atoms with Gasteiger partial charge in [0.05, 0.1) is 11.4 Å². The smallest absolute Gasteiger partial charge is 0.313 e. The highest BCUT2D eigenvalue weighted by Gasteiger charge is 2.30. The van der Waals surface area contributed by atoms with E-state index < -0.39 is 5.97 Å². The van der Waals surface area contributed by atoms with Crippen LogP contribution in [0.5, 0.6) is 0 Å². The van der Waals surface area contributed by atoms with E-state index in [-0.39, 0.29) is 5.75 Å². The van der Waals surface area contributed by atoms with Crippen LogP contribution in [-0.2, 0) is 11.8 Å². The molecular weight excluding hydrogens is 288 g/mol. The third kappa shape index (κ3) is 2.43. The Hall–Kier alpha value is -1.50. The number of imidazole rings is 1. The molecule has 0 spiro atoms. The van der Waals surface area contributed by atoms with E-state index in [1.165, 1.54) is 31.0 Å². The fraction of sp³-hybridized carbons (Fsp3) is 0.643. The van der Waals surface area contributed by atoms with E-state index in [2.05, 4.69) is 21.6 Å². The van der Waals surface area contributed by atoms with Crippen molar-refractivity contribution in [3.8, 4) is 0 Å². The molecule has 1 fully saturated rings. The average molecular weight is 308 g/mol. The maximum Gasteiger partial charge on any atom is 0.313 e. The fourth-order valence-corrected chi connectivity index (χ4v) is 3.80. The third-order valence-corrected chi connectivity index (χ3v) is 5.30. The van der Waals surface area contributed by atoms with Gasteiger partial charge in [0.2, 0.25) is 0 Å². The molecule has 1 N–H and O–H groups in total. The van der Waals surface area contributed by atoms with Gasteiger partial charge in [-0.3, -0.25) is 9.48 Å². The molecule has 0 aliphatic heterocycles. The van der Waals surface area contributed by atoms with E-state index >= 15 is 0 Å². The number of carboxylic acids is 1. The van der Waals surface area contributed by atoms with Crippen LogP contribution in [0.4, 0.5) is 0 Å². The summed E-state index contributed by atoms with van der Waals surface area (Å²) in [6.45, 7) is 4.15. The van der Waals surface area contributed by atoms with Crippen molar-refractivity contribution in [2.45, 2.75) is 44.3 Å². The summed E-state index contributed by atoms with van der Waals surface area (Å²) in [7, 11) is 1.92. The van der Waals surface area contributed by atoms with E-state index in [0.29, 0.717) is 12.0 Å². The van der Waals surface area contributed by atoms with Crippen LogP contribution in [0.25, 0.3) is 11.2 Å². The van der Waals surface area contributed by atoms with Gasteiger partial charge in [-0.2, -0.15) is 5.10 Å². The van der Waals surface area contributed by atoms with E-state index in [0.717, 1.165) is 22.0 Å². The highest BCUT2D eigenvalue weighted by atomic mass is 32.2. The van der Waals surface area contributed by atoms with E-state index in [1.54, 1.807) is 0 Å². The molecule has 2 aromatic heterocycles. The summed E-state index contributed by atoms with van der Waals surface area (Å²) < 4.78 is 4.05. The number of carboxylic acid groups (broad SMARTS) is 1. The van der Waals surface area contributed by atoms with Gasteiger partial charge in [0.1, 0.15) is 5.52 Å². The number of rotatable bonds is 5. The van der Waals surface area contributed by atoms with Crippen molar-refractivity contribution in [1.82, 2.24) is 19.3 Å². The van der Waals surface area contributed by atoms with Gasteiger partial charge in [0.25, 0.3) is 0 Å². The molecule has 1 aliphatic carbocycles. The van der Waals surface area contributed by atoms with Crippen LogP contribution < -0.4 is 0 Å². The molecule has 2 aromatic rings. The number of hydrogen-bond donors (Lipinski definition) is 1. The Kier molecular flexibility index (Phi) is 3.69. The quantitative estimate of drug-likeness (QED) is 0.860. The van der Waals surface area contributed by atoms with E-state index in [1.807, 2.05) is 18.7 Å².